The van der Waals surface area contributed by atoms with Crippen molar-refractivity contribution < 1.29 is 8.42 Å². The molecule has 0 amide bonds. The summed E-state index contributed by atoms with van der Waals surface area (Å²) in [5.74, 6) is 0.753. The molecule has 0 aromatic carbocycles. The fourth-order valence-electron chi connectivity index (χ4n) is 2.38. The van der Waals surface area contributed by atoms with Gasteiger partial charge in [0.1, 0.15) is 20.6 Å². The minimum absolute atomic E-state index is 0.226. The predicted molar refractivity (Wildman–Crippen MR) is 70.8 cm³/mol. The summed E-state index contributed by atoms with van der Waals surface area (Å²) >= 11 is 6.08. The zero-order valence-electron chi connectivity index (χ0n) is 9.71. The van der Waals surface area contributed by atoms with Crippen molar-refractivity contribution in [2.75, 3.05) is 11.5 Å². The molecule has 1 fully saturated rings. The Balaban J connectivity index is 1.94. The maximum absolute atomic E-state index is 11.4. The van der Waals surface area contributed by atoms with Crippen molar-refractivity contribution in [2.45, 2.75) is 18.8 Å². The molecule has 0 bridgehead atoms. The number of sulfone groups is 1. The molecule has 3 heterocycles. The highest BCUT2D eigenvalue weighted by molar-refractivity contribution is 7.91. The minimum atomic E-state index is -2.82. The topological polar surface area (TPSA) is 51.4 Å². The fourth-order valence-corrected chi connectivity index (χ4v) is 4.08. The van der Waals surface area contributed by atoms with Crippen molar-refractivity contribution in [3.8, 4) is 0 Å². The van der Waals surface area contributed by atoms with Crippen LogP contribution in [0.5, 0.6) is 0 Å². The third-order valence-electron chi connectivity index (χ3n) is 3.43. The molecule has 2 aromatic heterocycles. The Morgan fingerprint density at radius 3 is 2.67 bits per heavy atom. The van der Waals surface area contributed by atoms with Gasteiger partial charge >= 0.3 is 0 Å². The Kier molecular flexibility index (Phi) is 2.83. The molecule has 6 heteroatoms. The van der Waals surface area contributed by atoms with Gasteiger partial charge in [-0.2, -0.15) is 0 Å². The van der Waals surface area contributed by atoms with Crippen molar-refractivity contribution in [2.24, 2.45) is 0 Å². The quantitative estimate of drug-likeness (QED) is 0.755. The molecule has 0 atom stereocenters. The van der Waals surface area contributed by atoms with Gasteiger partial charge in [0.2, 0.25) is 0 Å². The number of hydrogen-bond donors (Lipinski definition) is 0. The standard InChI is InChI=1S/C12H13ClN2O2S/c13-11-2-1-3-12-14-10(8-15(11)12)9-4-6-18(16,17)7-5-9/h1-3,8-9H,4-7H2. The summed E-state index contributed by atoms with van der Waals surface area (Å²) < 4.78 is 24.6. The average Bonchev–Trinajstić information content (AvgIpc) is 2.74. The molecule has 4 nitrogen and oxygen atoms in total. The van der Waals surface area contributed by atoms with Crippen LogP contribution in [-0.4, -0.2) is 29.3 Å². The number of halogens is 1. The minimum Gasteiger partial charge on any atom is -0.290 e. The third kappa shape index (κ3) is 2.12. The largest absolute Gasteiger partial charge is 0.290 e. The molecule has 18 heavy (non-hydrogen) atoms. The van der Waals surface area contributed by atoms with Crippen LogP contribution in [0, 0.1) is 0 Å². The summed E-state index contributed by atoms with van der Waals surface area (Å²) in [7, 11) is -2.82. The first kappa shape index (κ1) is 12.0. The highest BCUT2D eigenvalue weighted by Gasteiger charge is 2.26. The Morgan fingerprint density at radius 2 is 2.00 bits per heavy atom. The van der Waals surface area contributed by atoms with E-state index in [1.807, 2.05) is 28.8 Å². The van der Waals surface area contributed by atoms with Gasteiger partial charge in [-0.1, -0.05) is 17.7 Å². The van der Waals surface area contributed by atoms with E-state index in [-0.39, 0.29) is 17.4 Å². The van der Waals surface area contributed by atoms with Gasteiger partial charge in [0.05, 0.1) is 17.2 Å². The zero-order chi connectivity index (χ0) is 12.8. The van der Waals surface area contributed by atoms with Crippen LogP contribution < -0.4 is 0 Å². The first-order valence-corrected chi connectivity index (χ1v) is 8.09. The van der Waals surface area contributed by atoms with Gasteiger partial charge in [0.25, 0.3) is 0 Å². The van der Waals surface area contributed by atoms with Crippen molar-refractivity contribution >= 4 is 27.1 Å². The third-order valence-corrected chi connectivity index (χ3v) is 5.46. The van der Waals surface area contributed by atoms with E-state index in [0.717, 1.165) is 11.3 Å². The Labute approximate surface area is 111 Å². The van der Waals surface area contributed by atoms with Crippen LogP contribution in [0.3, 0.4) is 0 Å². The summed E-state index contributed by atoms with van der Waals surface area (Å²) in [4.78, 5) is 4.53. The van der Waals surface area contributed by atoms with E-state index in [2.05, 4.69) is 4.98 Å². The van der Waals surface area contributed by atoms with Gasteiger partial charge in [-0.3, -0.25) is 4.40 Å². The average molecular weight is 285 g/mol. The van der Waals surface area contributed by atoms with Crippen LogP contribution in [0.4, 0.5) is 0 Å². The normalized spacial score (nSPS) is 20.3. The molecular weight excluding hydrogens is 272 g/mol. The van der Waals surface area contributed by atoms with Crippen LogP contribution in [0.2, 0.25) is 5.15 Å². The molecule has 0 spiro atoms. The van der Waals surface area contributed by atoms with Gasteiger partial charge in [-0.25, -0.2) is 13.4 Å². The molecule has 1 aliphatic rings. The van der Waals surface area contributed by atoms with Gasteiger partial charge in [0, 0.05) is 12.1 Å². The Bertz CT molecular complexity index is 679. The predicted octanol–water partition coefficient (Wildman–Crippen LogP) is 2.28. The summed E-state index contributed by atoms with van der Waals surface area (Å²) in [6.45, 7) is 0. The number of rotatable bonds is 1. The maximum atomic E-state index is 11.4. The smallest absolute Gasteiger partial charge is 0.150 e. The number of imidazole rings is 1. The SMILES string of the molecule is O=S1(=O)CCC(c2cn3c(Cl)cccc3n2)CC1. The molecular formula is C12H13ClN2O2S. The lowest BCUT2D eigenvalue weighted by molar-refractivity contribution is 0.546. The highest BCUT2D eigenvalue weighted by atomic mass is 35.5. The molecule has 0 aliphatic carbocycles. The van der Waals surface area contributed by atoms with Gasteiger partial charge in [-0.15, -0.1) is 0 Å². The monoisotopic (exact) mass is 284 g/mol. The number of fused-ring (bicyclic) bond motifs is 1. The highest BCUT2D eigenvalue weighted by Crippen LogP contribution is 2.29. The zero-order valence-corrected chi connectivity index (χ0v) is 11.3. The molecule has 1 saturated heterocycles. The molecule has 1 aliphatic heterocycles. The molecule has 0 saturated carbocycles. The molecule has 3 rings (SSSR count). The van der Waals surface area contributed by atoms with Crippen LogP contribution in [0.15, 0.2) is 24.4 Å². The van der Waals surface area contributed by atoms with Gasteiger partial charge < -0.3 is 0 Å². The second kappa shape index (κ2) is 4.24. The Morgan fingerprint density at radius 1 is 1.28 bits per heavy atom. The number of aromatic nitrogens is 2. The maximum Gasteiger partial charge on any atom is 0.150 e. The number of hydrogen-bond acceptors (Lipinski definition) is 3. The van der Waals surface area contributed by atoms with E-state index in [1.54, 1.807) is 0 Å². The number of pyridine rings is 1. The van der Waals surface area contributed by atoms with Crippen LogP contribution in [0.25, 0.3) is 5.65 Å². The summed E-state index contributed by atoms with van der Waals surface area (Å²) in [6, 6.07) is 5.57. The van der Waals surface area contributed by atoms with Crippen LogP contribution in [-0.2, 0) is 9.84 Å². The van der Waals surface area contributed by atoms with E-state index in [9.17, 15) is 8.42 Å². The van der Waals surface area contributed by atoms with Crippen LogP contribution in [0.1, 0.15) is 24.5 Å². The van der Waals surface area contributed by atoms with E-state index < -0.39 is 9.84 Å². The molecule has 0 radical (unpaired) electrons. The first-order valence-electron chi connectivity index (χ1n) is 5.89. The summed E-state index contributed by atoms with van der Waals surface area (Å²) in [6.07, 6.45) is 3.23. The van der Waals surface area contributed by atoms with Crippen molar-refractivity contribution in [1.82, 2.24) is 9.38 Å². The second-order valence-corrected chi connectivity index (χ2v) is 7.36. The first-order chi connectivity index (χ1) is 8.55. The van der Waals surface area contributed by atoms with E-state index in [1.165, 1.54) is 0 Å². The molecule has 2 aromatic rings. The lowest BCUT2D eigenvalue weighted by atomic mass is 10.00. The number of nitrogens with zero attached hydrogens (tertiary/aromatic N) is 2. The van der Waals surface area contributed by atoms with E-state index >= 15 is 0 Å². The van der Waals surface area contributed by atoms with Crippen molar-refractivity contribution in [1.29, 1.82) is 0 Å². The summed E-state index contributed by atoms with van der Waals surface area (Å²) in [5.41, 5.74) is 1.75. The molecule has 96 valence electrons. The van der Waals surface area contributed by atoms with Gasteiger partial charge in [0.15, 0.2) is 0 Å². The molecule has 0 unspecified atom stereocenters. The van der Waals surface area contributed by atoms with E-state index in [4.69, 9.17) is 11.6 Å². The second-order valence-electron chi connectivity index (χ2n) is 4.67. The van der Waals surface area contributed by atoms with Crippen LogP contribution >= 0.6 is 11.6 Å². The summed E-state index contributed by atoms with van der Waals surface area (Å²) in [5, 5.41) is 0.620. The molecule has 0 N–H and O–H groups in total. The fraction of sp³-hybridized carbons (Fsp3) is 0.417. The van der Waals surface area contributed by atoms with Crippen molar-refractivity contribution in [3.63, 3.8) is 0 Å². The lowest BCUT2D eigenvalue weighted by Gasteiger charge is -2.19. The Hall–Kier alpha value is -1.07. The van der Waals surface area contributed by atoms with E-state index in [0.29, 0.717) is 18.0 Å². The van der Waals surface area contributed by atoms with Crippen molar-refractivity contribution in [3.05, 3.63) is 35.2 Å². The van der Waals surface area contributed by atoms with Gasteiger partial charge in [-0.05, 0) is 25.0 Å². The lowest BCUT2D eigenvalue weighted by Crippen LogP contribution is -2.22.